The van der Waals surface area contributed by atoms with Crippen molar-refractivity contribution in [2.45, 2.75) is 19.7 Å². The first-order valence-electron chi connectivity index (χ1n) is 5.83. The smallest absolute Gasteiger partial charge is 0.390 e. The zero-order chi connectivity index (χ0) is 15.6. The first kappa shape index (κ1) is 15.0. The summed E-state index contributed by atoms with van der Waals surface area (Å²) in [4.78, 5) is 11.0. The van der Waals surface area contributed by atoms with E-state index in [1.165, 1.54) is 31.2 Å². The van der Waals surface area contributed by atoms with E-state index in [0.29, 0.717) is 10.4 Å². The quantitative estimate of drug-likeness (QED) is 0.905. The van der Waals surface area contributed by atoms with E-state index in [-0.39, 0.29) is 11.6 Å². The van der Waals surface area contributed by atoms with Crippen LogP contribution in [0.2, 0.25) is 0 Å². The number of carbonyl (C=O) groups excluding carboxylic acids is 1. The summed E-state index contributed by atoms with van der Waals surface area (Å²) in [6.07, 6.45) is -4.72. The van der Waals surface area contributed by atoms with Crippen LogP contribution in [-0.4, -0.2) is 26.0 Å². The second-order valence-corrected chi connectivity index (χ2v) is 4.18. The molecule has 9 heteroatoms. The van der Waals surface area contributed by atoms with Crippen LogP contribution in [0.15, 0.2) is 24.3 Å². The van der Waals surface area contributed by atoms with Crippen molar-refractivity contribution >= 4 is 11.6 Å². The van der Waals surface area contributed by atoms with E-state index < -0.39 is 24.2 Å². The molecule has 2 N–H and O–H groups in total. The van der Waals surface area contributed by atoms with Gasteiger partial charge in [-0.15, -0.1) is 5.10 Å². The number of nitrogens with one attached hydrogen (secondary N) is 1. The number of amides is 1. The van der Waals surface area contributed by atoms with Gasteiger partial charge in [-0.05, 0) is 18.2 Å². The Balaban J connectivity index is 2.52. The van der Waals surface area contributed by atoms with Gasteiger partial charge in [0.05, 0.1) is 12.3 Å². The highest BCUT2D eigenvalue weighted by Crippen LogP contribution is 2.33. The average Bonchev–Trinajstić information content (AvgIpc) is 2.82. The third kappa shape index (κ3) is 3.19. The Kier molecular flexibility index (Phi) is 3.94. The third-order valence-electron chi connectivity index (χ3n) is 2.57. The van der Waals surface area contributed by atoms with Gasteiger partial charge >= 0.3 is 6.18 Å². The highest BCUT2D eigenvalue weighted by Gasteiger charge is 2.39. The highest BCUT2D eigenvalue weighted by atomic mass is 19.4. The largest absolute Gasteiger partial charge is 0.435 e. The van der Waals surface area contributed by atoms with Crippen LogP contribution >= 0.6 is 0 Å². The molecule has 0 radical (unpaired) electrons. The predicted octanol–water partition coefficient (Wildman–Crippen LogP) is 1.74. The van der Waals surface area contributed by atoms with Gasteiger partial charge in [0.15, 0.2) is 5.69 Å². The van der Waals surface area contributed by atoms with Crippen molar-refractivity contribution in [1.29, 1.82) is 0 Å². The Morgan fingerprint density at radius 3 is 2.71 bits per heavy atom. The molecule has 1 aromatic carbocycles. The van der Waals surface area contributed by atoms with Crippen LogP contribution < -0.4 is 5.32 Å². The van der Waals surface area contributed by atoms with Crippen molar-refractivity contribution in [2.75, 3.05) is 5.32 Å². The SMILES string of the molecule is CC(=O)Nc1cccc(-n2nnc(CO)c2C(F)(F)F)c1. The zero-order valence-electron chi connectivity index (χ0n) is 10.8. The number of aliphatic hydroxyl groups excluding tert-OH is 1. The molecule has 1 amide bonds. The Morgan fingerprint density at radius 2 is 2.14 bits per heavy atom. The number of halogens is 3. The lowest BCUT2D eigenvalue weighted by Crippen LogP contribution is -2.16. The minimum Gasteiger partial charge on any atom is -0.390 e. The lowest BCUT2D eigenvalue weighted by molar-refractivity contribution is -0.144. The number of anilines is 1. The summed E-state index contributed by atoms with van der Waals surface area (Å²) in [5.41, 5.74) is -1.31. The number of aliphatic hydroxyl groups is 1. The monoisotopic (exact) mass is 300 g/mol. The van der Waals surface area contributed by atoms with Gasteiger partial charge < -0.3 is 10.4 Å². The molecule has 0 aliphatic heterocycles. The first-order chi connectivity index (χ1) is 9.82. The topological polar surface area (TPSA) is 80.0 Å². The van der Waals surface area contributed by atoms with E-state index in [1.54, 1.807) is 0 Å². The van der Waals surface area contributed by atoms with E-state index in [4.69, 9.17) is 5.11 Å². The molecule has 21 heavy (non-hydrogen) atoms. The molecule has 0 spiro atoms. The fourth-order valence-electron chi connectivity index (χ4n) is 1.80. The molecular weight excluding hydrogens is 289 g/mol. The third-order valence-corrected chi connectivity index (χ3v) is 2.57. The van der Waals surface area contributed by atoms with Crippen LogP contribution in [0.5, 0.6) is 0 Å². The number of hydrogen-bond acceptors (Lipinski definition) is 4. The van der Waals surface area contributed by atoms with Gasteiger partial charge in [-0.3, -0.25) is 4.79 Å². The Labute approximate surface area is 117 Å². The van der Waals surface area contributed by atoms with Crippen LogP contribution in [0.1, 0.15) is 18.3 Å². The Hall–Kier alpha value is -2.42. The van der Waals surface area contributed by atoms with E-state index in [1.807, 2.05) is 0 Å². The number of alkyl halides is 3. The molecule has 2 aromatic rings. The zero-order valence-corrected chi connectivity index (χ0v) is 10.8. The van der Waals surface area contributed by atoms with Crippen LogP contribution in [-0.2, 0) is 17.6 Å². The average molecular weight is 300 g/mol. The maximum absolute atomic E-state index is 13.0. The maximum atomic E-state index is 13.0. The predicted molar refractivity (Wildman–Crippen MR) is 66.6 cm³/mol. The minimum absolute atomic E-state index is 0.0702. The van der Waals surface area contributed by atoms with Crippen molar-refractivity contribution in [3.05, 3.63) is 35.7 Å². The fourth-order valence-corrected chi connectivity index (χ4v) is 1.80. The molecule has 0 bridgehead atoms. The maximum Gasteiger partial charge on any atom is 0.435 e. The van der Waals surface area contributed by atoms with Gasteiger partial charge in [0.1, 0.15) is 5.69 Å². The molecule has 112 valence electrons. The molecule has 0 aliphatic carbocycles. The molecule has 0 aliphatic rings. The summed E-state index contributed by atoms with van der Waals surface area (Å²) in [5.74, 6) is -0.349. The van der Waals surface area contributed by atoms with E-state index in [0.717, 1.165) is 0 Å². The van der Waals surface area contributed by atoms with Crippen molar-refractivity contribution < 1.29 is 23.1 Å². The molecule has 6 nitrogen and oxygen atoms in total. The Morgan fingerprint density at radius 1 is 1.43 bits per heavy atom. The number of aromatic nitrogens is 3. The molecule has 0 atom stereocenters. The minimum atomic E-state index is -4.72. The van der Waals surface area contributed by atoms with E-state index in [9.17, 15) is 18.0 Å². The van der Waals surface area contributed by atoms with Gasteiger partial charge in [0.25, 0.3) is 0 Å². The molecule has 0 unspecified atom stereocenters. The van der Waals surface area contributed by atoms with Crippen LogP contribution in [0.3, 0.4) is 0 Å². The molecule has 0 saturated carbocycles. The normalized spacial score (nSPS) is 11.5. The van der Waals surface area contributed by atoms with Crippen molar-refractivity contribution in [3.63, 3.8) is 0 Å². The number of nitrogens with zero attached hydrogens (tertiary/aromatic N) is 3. The van der Waals surface area contributed by atoms with Gasteiger partial charge in [-0.2, -0.15) is 13.2 Å². The second-order valence-electron chi connectivity index (χ2n) is 4.18. The molecule has 1 heterocycles. The van der Waals surface area contributed by atoms with Gasteiger partial charge in [0, 0.05) is 12.6 Å². The Bertz CT molecular complexity index is 667. The highest BCUT2D eigenvalue weighted by molar-refractivity contribution is 5.88. The van der Waals surface area contributed by atoms with Gasteiger partial charge in [-0.1, -0.05) is 11.3 Å². The fraction of sp³-hybridized carbons (Fsp3) is 0.250. The van der Waals surface area contributed by atoms with Crippen LogP contribution in [0.4, 0.5) is 18.9 Å². The van der Waals surface area contributed by atoms with Crippen molar-refractivity contribution in [1.82, 2.24) is 15.0 Å². The lowest BCUT2D eigenvalue weighted by Gasteiger charge is -2.11. The number of hydrogen-bond donors (Lipinski definition) is 2. The molecule has 1 aromatic heterocycles. The van der Waals surface area contributed by atoms with Gasteiger partial charge in [-0.25, -0.2) is 4.68 Å². The summed E-state index contributed by atoms with van der Waals surface area (Å²) in [6, 6.07) is 5.71. The lowest BCUT2D eigenvalue weighted by atomic mass is 10.2. The van der Waals surface area contributed by atoms with Crippen molar-refractivity contribution in [3.8, 4) is 5.69 Å². The van der Waals surface area contributed by atoms with Crippen molar-refractivity contribution in [2.24, 2.45) is 0 Å². The van der Waals surface area contributed by atoms with E-state index in [2.05, 4.69) is 15.6 Å². The summed E-state index contributed by atoms with van der Waals surface area (Å²) in [6.45, 7) is 0.410. The van der Waals surface area contributed by atoms with E-state index >= 15 is 0 Å². The molecule has 0 fully saturated rings. The first-order valence-corrected chi connectivity index (χ1v) is 5.83. The number of rotatable bonds is 3. The summed E-state index contributed by atoms with van der Waals surface area (Å²) in [7, 11) is 0. The summed E-state index contributed by atoms with van der Waals surface area (Å²) >= 11 is 0. The standard InChI is InChI=1S/C12H11F3N4O2/c1-7(21)16-8-3-2-4-9(5-8)19-11(12(13,14)15)10(6-20)17-18-19/h2-5,20H,6H2,1H3,(H,16,21). The van der Waals surface area contributed by atoms with Gasteiger partial charge in [0.2, 0.25) is 5.91 Å². The van der Waals surface area contributed by atoms with Crippen LogP contribution in [0, 0.1) is 0 Å². The number of benzene rings is 1. The second kappa shape index (κ2) is 5.52. The molecular formula is C12H11F3N4O2. The summed E-state index contributed by atoms with van der Waals surface area (Å²) < 4.78 is 39.7. The number of carbonyl (C=O) groups is 1. The molecule has 0 saturated heterocycles. The summed E-state index contributed by atoms with van der Waals surface area (Å²) in [5, 5.41) is 18.1. The van der Waals surface area contributed by atoms with Crippen LogP contribution in [0.25, 0.3) is 5.69 Å². The molecule has 2 rings (SSSR count).